The highest BCUT2D eigenvalue weighted by Crippen LogP contribution is 2.66. The van der Waals surface area contributed by atoms with Gasteiger partial charge in [-0.15, -0.1) is 0 Å². The Bertz CT molecular complexity index is 630. The Morgan fingerprint density at radius 3 is 2.74 bits per heavy atom. The smallest absolute Gasteiger partial charge is 0.233 e. The minimum atomic E-state index is -0.177. The van der Waals surface area contributed by atoms with Crippen LogP contribution in [0.5, 0.6) is 0 Å². The highest BCUT2D eigenvalue weighted by atomic mass is 16.3. The van der Waals surface area contributed by atoms with E-state index in [4.69, 9.17) is 5.73 Å². The summed E-state index contributed by atoms with van der Waals surface area (Å²) in [5, 5.41) is 13.5. The Hall–Kier alpha value is -0.870. The highest BCUT2D eigenvalue weighted by molar-refractivity contribution is 5.78. The maximum Gasteiger partial charge on any atom is 0.233 e. The van der Waals surface area contributed by atoms with Gasteiger partial charge >= 0.3 is 0 Å². The van der Waals surface area contributed by atoms with Gasteiger partial charge < -0.3 is 16.2 Å². The van der Waals surface area contributed by atoms with E-state index in [9.17, 15) is 9.90 Å². The topological polar surface area (TPSA) is 75.3 Å². The van der Waals surface area contributed by atoms with Crippen molar-refractivity contribution >= 4 is 5.91 Å². The molecule has 3 saturated carbocycles. The number of nitrogens with two attached hydrogens (primary N) is 1. The van der Waals surface area contributed by atoms with Gasteiger partial charge in [-0.05, 0) is 92.8 Å². The van der Waals surface area contributed by atoms with Gasteiger partial charge in [-0.3, -0.25) is 4.79 Å². The van der Waals surface area contributed by atoms with Crippen LogP contribution in [-0.4, -0.2) is 29.7 Å². The number of hydrogen-bond donors (Lipinski definition) is 3. The van der Waals surface area contributed by atoms with Crippen LogP contribution in [0.25, 0.3) is 0 Å². The molecule has 0 aliphatic heterocycles. The lowest BCUT2D eigenvalue weighted by Gasteiger charge is -2.58. The van der Waals surface area contributed by atoms with Crippen LogP contribution in [0.15, 0.2) is 11.6 Å². The van der Waals surface area contributed by atoms with Crippen LogP contribution < -0.4 is 11.1 Å². The number of allylic oxidation sites excluding steroid dienone is 1. The van der Waals surface area contributed by atoms with E-state index in [-0.39, 0.29) is 24.6 Å². The zero-order valence-corrected chi connectivity index (χ0v) is 17.3. The summed E-state index contributed by atoms with van der Waals surface area (Å²) in [6.07, 6.45) is 11.9. The zero-order chi connectivity index (χ0) is 19.4. The molecule has 1 amide bonds. The van der Waals surface area contributed by atoms with E-state index in [1.165, 1.54) is 38.5 Å². The molecule has 0 aromatic heterocycles. The summed E-state index contributed by atoms with van der Waals surface area (Å²) >= 11 is 0. The number of carbonyl (C=O) groups excluding carboxylic acids is 1. The fraction of sp³-hybridized carbons (Fsp3) is 0.870. The molecule has 0 radical (unpaired) electrons. The molecule has 4 aliphatic carbocycles. The molecule has 0 saturated heterocycles. The molecule has 8 atom stereocenters. The standard InChI is InChI=1S/C23H38N2O2/c1-14(26)18-6-7-19-17-5-4-15-12-16(25-21(27)13-24)8-10-22(15,2)20(17)9-11-23(18,19)3/h4,14,16-20,26H,5-13,24H2,1-3H3,(H,25,27)/t14-,16+,17-,18+,19-,20-,22-,23+/m0/s1. The van der Waals surface area contributed by atoms with Gasteiger partial charge in [-0.2, -0.15) is 0 Å². The van der Waals surface area contributed by atoms with Gasteiger partial charge in [0.05, 0.1) is 12.6 Å². The van der Waals surface area contributed by atoms with E-state index in [1.54, 1.807) is 5.57 Å². The number of aliphatic hydroxyl groups excluding tert-OH is 1. The second kappa shape index (κ2) is 6.88. The number of amides is 1. The molecule has 0 bridgehead atoms. The van der Waals surface area contributed by atoms with Crippen LogP contribution in [0, 0.1) is 34.5 Å². The van der Waals surface area contributed by atoms with E-state index < -0.39 is 0 Å². The normalized spacial score (nSPS) is 47.3. The summed E-state index contributed by atoms with van der Waals surface area (Å²) in [5.74, 6) is 2.76. The van der Waals surface area contributed by atoms with Crippen LogP contribution in [0.4, 0.5) is 0 Å². The predicted molar refractivity (Wildman–Crippen MR) is 108 cm³/mol. The number of hydrogen-bond acceptors (Lipinski definition) is 3. The van der Waals surface area contributed by atoms with Gasteiger partial charge in [0.2, 0.25) is 5.91 Å². The van der Waals surface area contributed by atoms with Crippen LogP contribution in [0.3, 0.4) is 0 Å². The third kappa shape index (κ3) is 2.98. The third-order valence-corrected chi connectivity index (χ3v) is 9.31. The van der Waals surface area contributed by atoms with E-state index in [0.29, 0.717) is 16.7 Å². The zero-order valence-electron chi connectivity index (χ0n) is 17.3. The molecule has 0 unspecified atom stereocenters. The Kier molecular flexibility index (Phi) is 4.95. The second-order valence-corrected chi connectivity index (χ2v) is 10.4. The molecule has 0 heterocycles. The summed E-state index contributed by atoms with van der Waals surface area (Å²) in [7, 11) is 0. The summed E-state index contributed by atoms with van der Waals surface area (Å²) in [6.45, 7) is 7.06. The average molecular weight is 375 g/mol. The Labute approximate surface area is 164 Å². The third-order valence-electron chi connectivity index (χ3n) is 9.31. The van der Waals surface area contributed by atoms with Crippen molar-refractivity contribution in [1.29, 1.82) is 0 Å². The van der Waals surface area contributed by atoms with Crippen molar-refractivity contribution in [3.8, 4) is 0 Å². The molecular weight excluding hydrogens is 336 g/mol. The fourth-order valence-corrected chi connectivity index (χ4v) is 7.90. The SMILES string of the molecule is C[C@H](O)[C@H]1CC[C@H]2[C@@H]3CC=C4C[C@H](NC(=O)CN)CC[C@]4(C)[C@H]3CC[C@]12C. The van der Waals surface area contributed by atoms with Crippen molar-refractivity contribution in [3.63, 3.8) is 0 Å². The molecule has 4 aliphatic rings. The monoisotopic (exact) mass is 374 g/mol. The fourth-order valence-electron chi connectivity index (χ4n) is 7.90. The van der Waals surface area contributed by atoms with Crippen LogP contribution in [-0.2, 0) is 4.79 Å². The van der Waals surface area contributed by atoms with Crippen LogP contribution in [0.2, 0.25) is 0 Å². The molecule has 4 heteroatoms. The van der Waals surface area contributed by atoms with Crippen molar-refractivity contribution in [2.45, 2.75) is 84.3 Å². The molecular formula is C23H38N2O2. The Morgan fingerprint density at radius 1 is 1.26 bits per heavy atom. The summed E-state index contributed by atoms with van der Waals surface area (Å²) in [6, 6.07) is 0.261. The average Bonchev–Trinajstić information content (AvgIpc) is 2.99. The molecule has 152 valence electrons. The van der Waals surface area contributed by atoms with Gasteiger partial charge in [0, 0.05) is 6.04 Å². The van der Waals surface area contributed by atoms with Crippen molar-refractivity contribution in [3.05, 3.63) is 11.6 Å². The molecule has 4 rings (SSSR count). The molecule has 0 aromatic carbocycles. The molecule has 4 N–H and O–H groups in total. The molecule has 27 heavy (non-hydrogen) atoms. The maximum absolute atomic E-state index is 11.7. The van der Waals surface area contributed by atoms with Crippen molar-refractivity contribution in [2.75, 3.05) is 6.54 Å². The molecule has 0 aromatic rings. The largest absolute Gasteiger partial charge is 0.393 e. The minimum absolute atomic E-state index is 0.0264. The van der Waals surface area contributed by atoms with Gasteiger partial charge in [-0.25, -0.2) is 0 Å². The van der Waals surface area contributed by atoms with E-state index in [0.717, 1.165) is 30.6 Å². The number of carbonyl (C=O) groups is 1. The van der Waals surface area contributed by atoms with Gasteiger partial charge in [0.1, 0.15) is 0 Å². The Morgan fingerprint density at radius 2 is 2.04 bits per heavy atom. The second-order valence-electron chi connectivity index (χ2n) is 10.4. The van der Waals surface area contributed by atoms with Crippen molar-refractivity contribution in [2.24, 2.45) is 40.2 Å². The first-order chi connectivity index (χ1) is 12.8. The van der Waals surface area contributed by atoms with E-state index in [1.807, 2.05) is 6.92 Å². The number of fused-ring (bicyclic) bond motifs is 5. The van der Waals surface area contributed by atoms with E-state index >= 15 is 0 Å². The molecule has 0 spiro atoms. The van der Waals surface area contributed by atoms with Gasteiger partial charge in [-0.1, -0.05) is 25.5 Å². The molecule has 4 nitrogen and oxygen atoms in total. The van der Waals surface area contributed by atoms with E-state index in [2.05, 4.69) is 25.2 Å². The summed E-state index contributed by atoms with van der Waals surface area (Å²) in [5.41, 5.74) is 7.70. The first-order valence-electron chi connectivity index (χ1n) is 11.2. The quantitative estimate of drug-likeness (QED) is 0.663. The first kappa shape index (κ1) is 19.4. The number of nitrogens with one attached hydrogen (secondary N) is 1. The highest BCUT2D eigenvalue weighted by Gasteiger charge is 2.59. The lowest BCUT2D eigenvalue weighted by molar-refractivity contribution is -0.120. The molecule has 3 fully saturated rings. The van der Waals surface area contributed by atoms with Crippen molar-refractivity contribution < 1.29 is 9.90 Å². The maximum atomic E-state index is 11.7. The van der Waals surface area contributed by atoms with Gasteiger partial charge in [0.15, 0.2) is 0 Å². The summed E-state index contributed by atoms with van der Waals surface area (Å²) in [4.78, 5) is 11.7. The van der Waals surface area contributed by atoms with Crippen LogP contribution >= 0.6 is 0 Å². The lowest BCUT2D eigenvalue weighted by atomic mass is 9.47. The summed E-state index contributed by atoms with van der Waals surface area (Å²) < 4.78 is 0. The van der Waals surface area contributed by atoms with Gasteiger partial charge in [0.25, 0.3) is 0 Å². The first-order valence-corrected chi connectivity index (χ1v) is 11.2. The predicted octanol–water partition coefficient (Wildman–Crippen LogP) is 3.39. The number of rotatable bonds is 3. The van der Waals surface area contributed by atoms with Crippen molar-refractivity contribution in [1.82, 2.24) is 5.32 Å². The van der Waals surface area contributed by atoms with Crippen LogP contribution in [0.1, 0.15) is 72.1 Å². The lowest BCUT2D eigenvalue weighted by Crippen LogP contribution is -2.52. The number of aliphatic hydroxyl groups is 1. The Balaban J connectivity index is 1.55. The minimum Gasteiger partial charge on any atom is -0.393 e.